The van der Waals surface area contributed by atoms with Crippen molar-refractivity contribution in [1.82, 2.24) is 15.5 Å². The Morgan fingerprint density at radius 3 is 2.22 bits per heavy atom. The molecule has 1 fully saturated rings. The third kappa shape index (κ3) is 5.58. The molecule has 0 saturated carbocycles. The Labute approximate surface area is 211 Å². The van der Waals surface area contributed by atoms with Crippen molar-refractivity contribution in [3.8, 4) is 5.75 Å². The van der Waals surface area contributed by atoms with Crippen LogP contribution >= 0.6 is 0 Å². The molecule has 7 nitrogen and oxygen atoms in total. The number of likely N-dealkylation sites (tertiary alicyclic amines) is 1. The number of nitrogens with zero attached hydrogens (tertiary/aromatic N) is 1. The van der Waals surface area contributed by atoms with Crippen molar-refractivity contribution in [2.45, 2.75) is 43.7 Å². The van der Waals surface area contributed by atoms with Crippen LogP contribution in [0.2, 0.25) is 0 Å². The number of hydrogen-bond acceptors (Lipinski definition) is 5. The van der Waals surface area contributed by atoms with Crippen LogP contribution in [-0.2, 0) is 22.6 Å². The molecule has 0 aromatic heterocycles. The molecule has 7 heteroatoms. The number of carbonyl (C=O) groups is 2. The fourth-order valence-electron chi connectivity index (χ4n) is 4.98. The van der Waals surface area contributed by atoms with E-state index < -0.39 is 18.2 Å². The molecule has 3 aromatic rings. The standard InChI is InChI=1S/C29H31N3O4/c33-25-18-30-28(34)24(17-20-7-3-1-4-8-20)31-29(35)27-26(36-23-13-11-22(25)12-14-23)15-16-32(27)19-21-9-5-2-6-10-21/h1-14,24-27,33H,15-19H2,(H,30,34)(H,31,35)/t24-,25-,26-,27-/m0/s1. The molecule has 0 spiro atoms. The average Bonchev–Trinajstić information content (AvgIpc) is 3.29. The van der Waals surface area contributed by atoms with Gasteiger partial charge in [0.2, 0.25) is 11.8 Å². The minimum Gasteiger partial charge on any atom is -0.488 e. The lowest BCUT2D eigenvalue weighted by atomic mass is 10.0. The van der Waals surface area contributed by atoms with E-state index >= 15 is 0 Å². The van der Waals surface area contributed by atoms with Gasteiger partial charge in [-0.2, -0.15) is 0 Å². The molecule has 0 aliphatic carbocycles. The molecule has 3 heterocycles. The summed E-state index contributed by atoms with van der Waals surface area (Å²) in [5.41, 5.74) is 2.74. The number of fused-ring (bicyclic) bond motifs is 8. The van der Waals surface area contributed by atoms with Gasteiger partial charge in [0.25, 0.3) is 0 Å². The third-order valence-corrected chi connectivity index (χ3v) is 6.88. The van der Waals surface area contributed by atoms with E-state index in [9.17, 15) is 14.7 Å². The summed E-state index contributed by atoms with van der Waals surface area (Å²) in [6.07, 6.45) is -0.197. The lowest BCUT2D eigenvalue weighted by molar-refractivity contribution is -0.133. The van der Waals surface area contributed by atoms with E-state index in [0.717, 1.165) is 11.1 Å². The molecule has 4 atom stereocenters. The summed E-state index contributed by atoms with van der Waals surface area (Å²) in [4.78, 5) is 29.1. The third-order valence-electron chi connectivity index (χ3n) is 6.88. The second-order valence-electron chi connectivity index (χ2n) is 9.43. The zero-order chi connectivity index (χ0) is 24.9. The van der Waals surface area contributed by atoms with Gasteiger partial charge in [-0.3, -0.25) is 14.5 Å². The van der Waals surface area contributed by atoms with E-state index in [2.05, 4.69) is 15.5 Å². The predicted octanol–water partition coefficient (Wildman–Crippen LogP) is 2.60. The number of nitrogens with one attached hydrogen (secondary N) is 2. The Morgan fingerprint density at radius 2 is 1.53 bits per heavy atom. The van der Waals surface area contributed by atoms with Crippen LogP contribution in [0.1, 0.15) is 29.2 Å². The maximum absolute atomic E-state index is 13.8. The topological polar surface area (TPSA) is 90.9 Å². The molecule has 2 amide bonds. The molecule has 3 aliphatic rings. The van der Waals surface area contributed by atoms with Crippen LogP contribution in [-0.4, -0.2) is 53.1 Å². The van der Waals surface area contributed by atoms with Crippen molar-refractivity contribution in [3.05, 3.63) is 102 Å². The fraction of sp³-hybridized carbons (Fsp3) is 0.310. The van der Waals surface area contributed by atoms with Gasteiger partial charge in [0.15, 0.2) is 0 Å². The summed E-state index contributed by atoms with van der Waals surface area (Å²) in [7, 11) is 0. The van der Waals surface area contributed by atoms with Crippen molar-refractivity contribution in [2.75, 3.05) is 13.1 Å². The first-order valence-electron chi connectivity index (χ1n) is 12.4. The molecule has 2 bridgehead atoms. The highest BCUT2D eigenvalue weighted by molar-refractivity contribution is 5.90. The second kappa shape index (κ2) is 10.9. The summed E-state index contributed by atoms with van der Waals surface area (Å²) < 4.78 is 6.31. The number of aliphatic hydroxyl groups is 1. The molecular formula is C29H31N3O4. The quantitative estimate of drug-likeness (QED) is 0.529. The van der Waals surface area contributed by atoms with Gasteiger partial charge in [-0.15, -0.1) is 0 Å². The molecule has 0 radical (unpaired) electrons. The molecular weight excluding hydrogens is 454 g/mol. The van der Waals surface area contributed by atoms with Crippen molar-refractivity contribution < 1.29 is 19.4 Å². The summed E-state index contributed by atoms with van der Waals surface area (Å²) >= 11 is 0. The molecule has 1 saturated heterocycles. The second-order valence-corrected chi connectivity index (χ2v) is 9.43. The number of aliphatic hydroxyl groups excluding tert-OH is 1. The van der Waals surface area contributed by atoms with Crippen molar-refractivity contribution in [1.29, 1.82) is 0 Å². The molecule has 186 valence electrons. The number of carbonyl (C=O) groups excluding carboxylic acids is 2. The Morgan fingerprint density at radius 1 is 0.861 bits per heavy atom. The van der Waals surface area contributed by atoms with Gasteiger partial charge in [-0.1, -0.05) is 72.8 Å². The van der Waals surface area contributed by atoms with Gasteiger partial charge < -0.3 is 20.5 Å². The summed E-state index contributed by atoms with van der Waals surface area (Å²) in [5, 5.41) is 16.4. The van der Waals surface area contributed by atoms with E-state index in [0.29, 0.717) is 37.2 Å². The largest absolute Gasteiger partial charge is 0.488 e. The highest BCUT2D eigenvalue weighted by atomic mass is 16.5. The van der Waals surface area contributed by atoms with E-state index in [1.54, 1.807) is 24.3 Å². The van der Waals surface area contributed by atoms with E-state index in [-0.39, 0.29) is 24.5 Å². The number of rotatable bonds is 4. The van der Waals surface area contributed by atoms with Crippen LogP contribution in [0.25, 0.3) is 0 Å². The Bertz CT molecular complexity index is 1170. The van der Waals surface area contributed by atoms with Crippen LogP contribution in [0.15, 0.2) is 84.9 Å². The Hall–Kier alpha value is -3.68. The van der Waals surface area contributed by atoms with E-state index in [1.165, 1.54) is 0 Å². The van der Waals surface area contributed by atoms with Crippen LogP contribution < -0.4 is 15.4 Å². The average molecular weight is 486 g/mol. The van der Waals surface area contributed by atoms with Crippen molar-refractivity contribution >= 4 is 11.8 Å². The molecule has 36 heavy (non-hydrogen) atoms. The lowest BCUT2D eigenvalue weighted by Crippen LogP contribution is -2.56. The monoisotopic (exact) mass is 485 g/mol. The van der Waals surface area contributed by atoms with E-state index in [4.69, 9.17) is 4.74 Å². The van der Waals surface area contributed by atoms with E-state index in [1.807, 2.05) is 60.7 Å². The molecule has 6 rings (SSSR count). The zero-order valence-corrected chi connectivity index (χ0v) is 20.0. The first-order chi connectivity index (χ1) is 17.6. The van der Waals surface area contributed by atoms with Gasteiger partial charge in [0.1, 0.15) is 23.9 Å². The molecule has 3 N–H and O–H groups in total. The van der Waals surface area contributed by atoms with Crippen LogP contribution in [0.3, 0.4) is 0 Å². The highest BCUT2D eigenvalue weighted by Gasteiger charge is 2.42. The van der Waals surface area contributed by atoms with Gasteiger partial charge in [0, 0.05) is 26.1 Å². The first-order valence-corrected chi connectivity index (χ1v) is 12.4. The molecule has 3 aliphatic heterocycles. The SMILES string of the molecule is O=C1NC[C@H](O)c2ccc(cc2)O[C@H]2CCN(Cc3ccccc3)[C@@H]2C(=O)N[C@H]1Cc1ccccc1. The van der Waals surface area contributed by atoms with Crippen molar-refractivity contribution in [3.63, 3.8) is 0 Å². The zero-order valence-electron chi connectivity index (χ0n) is 20.0. The number of benzene rings is 3. The van der Waals surface area contributed by atoms with Crippen molar-refractivity contribution in [2.24, 2.45) is 0 Å². The molecule has 0 unspecified atom stereocenters. The van der Waals surface area contributed by atoms with Gasteiger partial charge in [0.05, 0.1) is 6.10 Å². The first kappa shape index (κ1) is 24.0. The van der Waals surface area contributed by atoms with Crippen LogP contribution in [0, 0.1) is 0 Å². The number of ether oxygens (including phenoxy) is 1. The maximum Gasteiger partial charge on any atom is 0.243 e. The Balaban J connectivity index is 1.45. The van der Waals surface area contributed by atoms with Gasteiger partial charge in [-0.25, -0.2) is 0 Å². The predicted molar refractivity (Wildman–Crippen MR) is 136 cm³/mol. The summed E-state index contributed by atoms with van der Waals surface area (Å²) in [5.74, 6) is 0.0842. The number of hydrogen-bond donors (Lipinski definition) is 3. The minimum atomic E-state index is -0.861. The van der Waals surface area contributed by atoms with Gasteiger partial charge >= 0.3 is 0 Å². The maximum atomic E-state index is 13.8. The fourth-order valence-corrected chi connectivity index (χ4v) is 4.98. The Kier molecular flexibility index (Phi) is 7.30. The van der Waals surface area contributed by atoms with Crippen LogP contribution in [0.4, 0.5) is 0 Å². The number of amides is 2. The molecule has 3 aromatic carbocycles. The smallest absolute Gasteiger partial charge is 0.243 e. The normalized spacial score (nSPS) is 24.8. The lowest BCUT2D eigenvalue weighted by Gasteiger charge is -2.30. The summed E-state index contributed by atoms with van der Waals surface area (Å²) in [6.45, 7) is 1.36. The minimum absolute atomic E-state index is 0.0480. The van der Waals surface area contributed by atoms with Gasteiger partial charge in [-0.05, 0) is 35.2 Å². The highest BCUT2D eigenvalue weighted by Crippen LogP contribution is 2.27. The summed E-state index contributed by atoms with van der Waals surface area (Å²) in [6, 6.07) is 25.5. The van der Waals surface area contributed by atoms with Crippen LogP contribution in [0.5, 0.6) is 5.75 Å².